The number of imide groups is 1. The van der Waals surface area contributed by atoms with E-state index in [0.717, 1.165) is 51.0 Å². The Morgan fingerprint density at radius 3 is 1.91 bits per heavy atom. The molecule has 2 aliphatic rings. The van der Waals surface area contributed by atoms with Crippen molar-refractivity contribution in [1.82, 2.24) is 25.2 Å². The number of nitrogens with two attached hydrogens (primary N) is 1. The number of rotatable bonds is 24. The number of nitrogens with zero attached hydrogens (tertiary/aromatic N) is 5. The first-order valence-electron chi connectivity index (χ1n) is 27.8. The third-order valence-corrected chi connectivity index (χ3v) is 17.6. The molecule has 5 aromatic carbocycles. The number of hydrogen-bond donors (Lipinski definition) is 2. The molecule has 0 bridgehead atoms. The number of aromatic nitrogens is 1. The molecule has 466 valence electrons. The molecule has 4 amide bonds. The van der Waals surface area contributed by atoms with E-state index in [-0.39, 0.29) is 70.7 Å². The molecule has 0 aliphatic carbocycles. The van der Waals surface area contributed by atoms with Gasteiger partial charge in [-0.05, 0) is 114 Å². The highest BCUT2D eigenvalue weighted by Gasteiger charge is 2.63. The highest BCUT2D eigenvalue weighted by atomic mass is 35.5. The van der Waals surface area contributed by atoms with Gasteiger partial charge in [0.05, 0.1) is 31.4 Å². The van der Waals surface area contributed by atoms with Crippen molar-refractivity contribution in [2.45, 2.75) is 107 Å². The van der Waals surface area contributed by atoms with Crippen molar-refractivity contribution in [3.63, 3.8) is 0 Å². The molecule has 2 saturated heterocycles. The van der Waals surface area contributed by atoms with Gasteiger partial charge in [-0.1, -0.05) is 102 Å². The first-order valence-corrected chi connectivity index (χ1v) is 30.9. The van der Waals surface area contributed by atoms with E-state index in [4.69, 9.17) is 55.3 Å². The Hall–Kier alpha value is -8.03. The fourth-order valence-electron chi connectivity index (χ4n) is 8.80. The van der Waals surface area contributed by atoms with E-state index < -0.39 is 74.2 Å². The minimum Gasteiger partial charge on any atom is -0.497 e. The van der Waals surface area contributed by atoms with Gasteiger partial charge < -0.3 is 53.9 Å². The van der Waals surface area contributed by atoms with Crippen molar-refractivity contribution in [2.24, 2.45) is 5.16 Å². The first-order chi connectivity index (χ1) is 41.7. The Morgan fingerprint density at radius 1 is 0.807 bits per heavy atom. The molecule has 21 nitrogen and oxygen atoms in total. The van der Waals surface area contributed by atoms with Crippen molar-refractivity contribution in [3.8, 4) is 23.0 Å². The SMILES string of the molecule is COc1ccc(COc2ccc(C(=O)N(C(=O)OC(C)(C)C)N(C)CCS[C@]3(C(=O)OC(c4ccccc4)c4ccccc4)CN4C(=O)[C@@H](NC(=O)/C(=N\OC(C)(C)C(=O)OC(C)(C)C)c5csc(N)n5)[C@H]4S3)c(Cl)c2OCc2ccc(OC)cc2)cc1. The highest BCUT2D eigenvalue weighted by Crippen LogP contribution is 2.54. The molecule has 0 unspecified atom stereocenters. The van der Waals surface area contributed by atoms with Crippen molar-refractivity contribution in [1.29, 1.82) is 0 Å². The minimum atomic E-state index is -1.67. The lowest BCUT2D eigenvalue weighted by Gasteiger charge is -2.41. The third-order valence-electron chi connectivity index (χ3n) is 13.3. The molecule has 0 spiro atoms. The first kappa shape index (κ1) is 65.9. The lowest BCUT2D eigenvalue weighted by Crippen LogP contribution is -2.68. The molecule has 3 heterocycles. The van der Waals surface area contributed by atoms with Gasteiger partial charge in [0.2, 0.25) is 11.5 Å². The number of carbonyl (C=O) groups excluding carboxylic acids is 6. The molecule has 1 aromatic heterocycles. The van der Waals surface area contributed by atoms with Gasteiger partial charge in [-0.25, -0.2) is 24.4 Å². The summed E-state index contributed by atoms with van der Waals surface area (Å²) in [5.74, 6) is -2.15. The fraction of sp³-hybridized carbons (Fsp3) is 0.365. The molecule has 25 heteroatoms. The Morgan fingerprint density at radius 2 is 1.38 bits per heavy atom. The van der Waals surface area contributed by atoms with E-state index >= 15 is 9.59 Å². The van der Waals surface area contributed by atoms with Gasteiger partial charge in [0.25, 0.3) is 11.8 Å². The normalized spacial score (nSPS) is 16.7. The van der Waals surface area contributed by atoms with Gasteiger partial charge in [-0.3, -0.25) is 14.4 Å². The van der Waals surface area contributed by atoms with Gasteiger partial charge in [0, 0.05) is 24.7 Å². The summed E-state index contributed by atoms with van der Waals surface area (Å²) < 4.78 is 39.6. The lowest BCUT2D eigenvalue weighted by molar-refractivity contribution is -0.179. The zero-order valence-corrected chi connectivity index (χ0v) is 53.7. The summed E-state index contributed by atoms with van der Waals surface area (Å²) >= 11 is 10.4. The third kappa shape index (κ3) is 16.2. The van der Waals surface area contributed by atoms with Crippen LogP contribution in [0.3, 0.4) is 0 Å². The van der Waals surface area contributed by atoms with E-state index in [9.17, 15) is 19.2 Å². The lowest BCUT2D eigenvalue weighted by atomic mass is 10.0. The summed E-state index contributed by atoms with van der Waals surface area (Å²) in [6.07, 6.45) is -1.92. The highest BCUT2D eigenvalue weighted by molar-refractivity contribution is 8.20. The van der Waals surface area contributed by atoms with Crippen LogP contribution in [0, 0.1) is 0 Å². The number of ether oxygens (including phenoxy) is 7. The Balaban J connectivity index is 1.08. The Labute approximate surface area is 528 Å². The number of esters is 2. The van der Waals surface area contributed by atoms with E-state index in [1.165, 1.54) is 48.3 Å². The van der Waals surface area contributed by atoms with Crippen LogP contribution in [-0.4, -0.2) is 134 Å². The quantitative estimate of drug-likeness (QED) is 0.0188. The molecule has 88 heavy (non-hydrogen) atoms. The van der Waals surface area contributed by atoms with Crippen LogP contribution in [0.15, 0.2) is 132 Å². The second kappa shape index (κ2) is 28.0. The molecule has 8 rings (SSSR count). The van der Waals surface area contributed by atoms with Crippen molar-refractivity contribution in [2.75, 3.05) is 45.8 Å². The second-order valence-electron chi connectivity index (χ2n) is 22.8. The van der Waals surface area contributed by atoms with E-state index in [2.05, 4.69) is 15.5 Å². The van der Waals surface area contributed by atoms with Gasteiger partial charge in [-0.2, -0.15) is 5.01 Å². The monoisotopic (exact) mass is 1280 g/mol. The molecular weight excluding hydrogens is 1210 g/mol. The number of thiazole rings is 1. The number of nitrogens with one attached hydrogen (secondary N) is 1. The van der Waals surface area contributed by atoms with Crippen LogP contribution in [0.1, 0.15) is 99.8 Å². The maximum atomic E-state index is 15.3. The number of oxime groups is 1. The number of anilines is 1. The van der Waals surface area contributed by atoms with Crippen LogP contribution in [0.25, 0.3) is 0 Å². The number of hydrogen-bond acceptors (Lipinski definition) is 21. The predicted octanol–water partition coefficient (Wildman–Crippen LogP) is 10.5. The number of hydrazine groups is 1. The zero-order chi connectivity index (χ0) is 63.7. The summed E-state index contributed by atoms with van der Waals surface area (Å²) in [5, 5.41) is 9.62. The zero-order valence-electron chi connectivity index (χ0n) is 50.5. The van der Waals surface area contributed by atoms with E-state index in [0.29, 0.717) is 22.6 Å². The second-order valence-corrected chi connectivity index (χ2v) is 27.1. The van der Waals surface area contributed by atoms with Crippen molar-refractivity contribution < 1.29 is 66.8 Å². The number of methoxy groups -OCH3 is 2. The van der Waals surface area contributed by atoms with Crippen molar-refractivity contribution in [3.05, 3.63) is 165 Å². The summed E-state index contributed by atoms with van der Waals surface area (Å²) in [6, 6.07) is 34.6. The summed E-state index contributed by atoms with van der Waals surface area (Å²) in [7, 11) is 4.64. The van der Waals surface area contributed by atoms with Crippen molar-refractivity contribution >= 4 is 93.1 Å². The van der Waals surface area contributed by atoms with Crippen LogP contribution in [-0.2, 0) is 51.4 Å². The van der Waals surface area contributed by atoms with E-state index in [1.807, 2.05) is 84.9 Å². The fourth-order valence-corrected chi connectivity index (χ4v) is 12.9. The number of benzene rings is 5. The summed E-state index contributed by atoms with van der Waals surface area (Å²) in [5.41, 5.74) is 4.79. The van der Waals surface area contributed by atoms with Crippen LogP contribution in [0.5, 0.6) is 23.0 Å². The Bertz CT molecular complexity index is 3470. The molecule has 2 aliphatic heterocycles. The molecular formula is C63H70ClN7O14S3. The molecule has 0 radical (unpaired) electrons. The summed E-state index contributed by atoms with van der Waals surface area (Å²) in [6.45, 7) is 12.7. The number of halogens is 1. The average Bonchev–Trinajstić information content (AvgIpc) is 3.64. The topological polar surface area (TPSA) is 249 Å². The number of thioether (sulfide) groups is 2. The van der Waals surface area contributed by atoms with Gasteiger partial charge >= 0.3 is 18.0 Å². The smallest absolute Gasteiger partial charge is 0.432 e. The molecule has 6 aromatic rings. The van der Waals surface area contributed by atoms with Gasteiger partial charge in [-0.15, -0.1) is 34.9 Å². The van der Waals surface area contributed by atoms with Crippen LogP contribution < -0.4 is 30.0 Å². The molecule has 0 saturated carbocycles. The number of amides is 4. The van der Waals surface area contributed by atoms with Gasteiger partial charge in [0.15, 0.2) is 32.5 Å². The number of β-lactam (4-membered cyclic amide) rings is 1. The van der Waals surface area contributed by atoms with E-state index in [1.54, 1.807) is 80.0 Å². The standard InChI is InChI=1S/C63H70ClN7O14S3/c1-60(2,3)83-56(75)62(7,8)85-68-48(45-36-86-58(65)66-45)52(72)67-49-54(74)70-37-63(88-55(49)70,57(76)82-50(40-18-14-12-15-19-40)41-20-16-13-17-21-41)87-33-32-69(9)71(59(77)84-61(4,5)6)53(73)44-30-31-46(80-34-38-22-26-42(78-10)27-23-38)51(47(44)64)81-35-39-24-28-43(79-11)29-25-39/h12-31,36,49-50,55H,32-35,37H2,1-11H3,(H2,65,66)(H,67,72)/b68-48-/t49-,55-,63-/m1/s1. The molecule has 3 N–H and O–H groups in total. The van der Waals surface area contributed by atoms with Gasteiger partial charge in [0.1, 0.15) is 53.0 Å². The average molecular weight is 1280 g/mol. The Kier molecular flexibility index (Phi) is 21.0. The molecule has 3 atom stereocenters. The summed E-state index contributed by atoms with van der Waals surface area (Å²) in [4.78, 5) is 97.9. The predicted molar refractivity (Wildman–Crippen MR) is 336 cm³/mol. The van der Waals surface area contributed by atoms with Crippen LogP contribution >= 0.6 is 46.5 Å². The number of fused-ring (bicyclic) bond motifs is 1. The largest absolute Gasteiger partial charge is 0.497 e. The maximum Gasteiger partial charge on any atom is 0.432 e. The number of nitrogen functional groups attached to an aromatic ring is 1. The molecule has 2 fully saturated rings. The number of carbonyl (C=O) groups is 6. The van der Waals surface area contributed by atoms with Crippen LogP contribution in [0.4, 0.5) is 9.93 Å². The minimum absolute atomic E-state index is 0.00602. The van der Waals surface area contributed by atoms with Crippen LogP contribution in [0.2, 0.25) is 5.02 Å². The maximum absolute atomic E-state index is 15.3.